The SMILES string of the molecule is CCCCCc1cc(CCCCC)c2cccnc2c1O. The van der Waals surface area contributed by atoms with Crippen molar-refractivity contribution in [3.63, 3.8) is 0 Å². The predicted octanol–water partition coefficient (Wildman–Crippen LogP) is 5.41. The van der Waals surface area contributed by atoms with Crippen LogP contribution in [0.25, 0.3) is 10.9 Å². The molecule has 0 atom stereocenters. The molecule has 1 aromatic heterocycles. The first-order valence-electron chi connectivity index (χ1n) is 8.36. The fraction of sp³-hybridized carbons (Fsp3) is 0.526. The van der Waals surface area contributed by atoms with E-state index in [1.54, 1.807) is 6.20 Å². The fourth-order valence-electron chi connectivity index (χ4n) is 2.89. The first kappa shape index (κ1) is 15.8. The average molecular weight is 285 g/mol. The third-order valence-corrected chi connectivity index (χ3v) is 4.13. The van der Waals surface area contributed by atoms with Crippen LogP contribution in [-0.4, -0.2) is 10.1 Å². The Morgan fingerprint density at radius 3 is 2.29 bits per heavy atom. The summed E-state index contributed by atoms with van der Waals surface area (Å²) in [6, 6.07) is 6.26. The number of nitrogens with zero attached hydrogens (tertiary/aromatic N) is 1. The van der Waals surface area contributed by atoms with Crippen LogP contribution in [-0.2, 0) is 12.8 Å². The molecule has 21 heavy (non-hydrogen) atoms. The van der Waals surface area contributed by atoms with Crippen molar-refractivity contribution in [2.45, 2.75) is 65.2 Å². The van der Waals surface area contributed by atoms with E-state index in [0.29, 0.717) is 5.75 Å². The van der Waals surface area contributed by atoms with Gasteiger partial charge in [0.2, 0.25) is 0 Å². The van der Waals surface area contributed by atoms with Gasteiger partial charge in [-0.15, -0.1) is 0 Å². The summed E-state index contributed by atoms with van der Waals surface area (Å²) in [4.78, 5) is 4.41. The molecule has 2 heteroatoms. The summed E-state index contributed by atoms with van der Waals surface area (Å²) < 4.78 is 0. The molecule has 1 N–H and O–H groups in total. The van der Waals surface area contributed by atoms with Crippen LogP contribution in [0.3, 0.4) is 0 Å². The highest BCUT2D eigenvalue weighted by atomic mass is 16.3. The van der Waals surface area contributed by atoms with Crippen molar-refractivity contribution in [3.05, 3.63) is 35.5 Å². The number of pyridine rings is 1. The summed E-state index contributed by atoms with van der Waals surface area (Å²) in [5.41, 5.74) is 3.19. The van der Waals surface area contributed by atoms with Gasteiger partial charge < -0.3 is 5.11 Å². The minimum atomic E-state index is 0.390. The predicted molar refractivity (Wildman–Crippen MR) is 89.9 cm³/mol. The van der Waals surface area contributed by atoms with Gasteiger partial charge in [0.15, 0.2) is 0 Å². The van der Waals surface area contributed by atoms with E-state index < -0.39 is 0 Å². The minimum absolute atomic E-state index is 0.390. The maximum Gasteiger partial charge on any atom is 0.145 e. The molecule has 114 valence electrons. The number of phenolic OH excluding ortho intramolecular Hbond substituents is 1. The molecule has 0 aliphatic rings. The summed E-state index contributed by atoms with van der Waals surface area (Å²) in [7, 11) is 0. The van der Waals surface area contributed by atoms with E-state index in [4.69, 9.17) is 0 Å². The van der Waals surface area contributed by atoms with Gasteiger partial charge in [-0.1, -0.05) is 51.7 Å². The summed E-state index contributed by atoms with van der Waals surface area (Å²) in [6.45, 7) is 4.44. The molecular formula is C19H27NO. The Morgan fingerprint density at radius 2 is 1.62 bits per heavy atom. The van der Waals surface area contributed by atoms with E-state index in [-0.39, 0.29) is 0 Å². The number of unbranched alkanes of at least 4 members (excludes halogenated alkanes) is 4. The third kappa shape index (κ3) is 3.96. The lowest BCUT2D eigenvalue weighted by Gasteiger charge is -2.12. The molecule has 0 aliphatic carbocycles. The van der Waals surface area contributed by atoms with Crippen molar-refractivity contribution in [1.29, 1.82) is 0 Å². The van der Waals surface area contributed by atoms with E-state index in [9.17, 15) is 5.11 Å². The van der Waals surface area contributed by atoms with Crippen LogP contribution in [0.5, 0.6) is 5.75 Å². The number of hydrogen-bond donors (Lipinski definition) is 1. The molecule has 0 radical (unpaired) electrons. The molecule has 0 amide bonds. The second kappa shape index (κ2) is 8.02. The Hall–Kier alpha value is -1.57. The zero-order valence-corrected chi connectivity index (χ0v) is 13.4. The van der Waals surface area contributed by atoms with E-state index in [0.717, 1.165) is 35.7 Å². The fourth-order valence-corrected chi connectivity index (χ4v) is 2.89. The minimum Gasteiger partial charge on any atom is -0.505 e. The van der Waals surface area contributed by atoms with Gasteiger partial charge in [0.05, 0.1) is 0 Å². The normalized spacial score (nSPS) is 11.1. The Kier molecular flexibility index (Phi) is 6.04. The highest BCUT2D eigenvalue weighted by Gasteiger charge is 2.11. The van der Waals surface area contributed by atoms with Crippen LogP contribution in [0.1, 0.15) is 63.5 Å². The molecule has 0 saturated carbocycles. The number of aromatic nitrogens is 1. The van der Waals surface area contributed by atoms with Crippen molar-refractivity contribution in [3.8, 4) is 5.75 Å². The second-order valence-electron chi connectivity index (χ2n) is 5.86. The van der Waals surface area contributed by atoms with Gasteiger partial charge in [-0.2, -0.15) is 0 Å². The molecule has 1 heterocycles. The van der Waals surface area contributed by atoms with Crippen molar-refractivity contribution >= 4 is 10.9 Å². The standard InChI is InChI=1S/C19H27NO/c1-3-5-7-10-15-14-16(11-8-6-4-2)19(21)18-17(15)12-9-13-20-18/h9,12-14,21H,3-8,10-11H2,1-2H3. The Balaban J connectivity index is 2.32. The van der Waals surface area contributed by atoms with E-state index in [1.807, 2.05) is 6.07 Å². The van der Waals surface area contributed by atoms with Gasteiger partial charge >= 0.3 is 0 Å². The number of fused-ring (bicyclic) bond motifs is 1. The van der Waals surface area contributed by atoms with Crippen LogP contribution in [0.15, 0.2) is 24.4 Å². The van der Waals surface area contributed by atoms with Crippen LogP contribution < -0.4 is 0 Å². The first-order chi connectivity index (χ1) is 10.3. The second-order valence-corrected chi connectivity index (χ2v) is 5.86. The van der Waals surface area contributed by atoms with Crippen molar-refractivity contribution in [2.24, 2.45) is 0 Å². The monoisotopic (exact) mass is 285 g/mol. The number of benzene rings is 1. The van der Waals surface area contributed by atoms with Gasteiger partial charge in [-0.05, 0) is 42.9 Å². The smallest absolute Gasteiger partial charge is 0.145 e. The maximum atomic E-state index is 10.5. The molecule has 2 nitrogen and oxygen atoms in total. The molecule has 0 unspecified atom stereocenters. The molecule has 2 aromatic rings. The maximum absolute atomic E-state index is 10.5. The van der Waals surface area contributed by atoms with Gasteiger partial charge in [0, 0.05) is 11.6 Å². The van der Waals surface area contributed by atoms with E-state index in [1.165, 1.54) is 37.7 Å². The van der Waals surface area contributed by atoms with Gasteiger partial charge in [0.25, 0.3) is 0 Å². The van der Waals surface area contributed by atoms with Gasteiger partial charge in [-0.3, -0.25) is 4.98 Å². The first-order valence-corrected chi connectivity index (χ1v) is 8.36. The van der Waals surface area contributed by atoms with E-state index in [2.05, 4.69) is 31.0 Å². The zero-order chi connectivity index (χ0) is 15.1. The summed E-state index contributed by atoms with van der Waals surface area (Å²) in [5, 5.41) is 11.6. The van der Waals surface area contributed by atoms with Crippen molar-refractivity contribution < 1.29 is 5.11 Å². The number of aryl methyl sites for hydroxylation is 2. The Labute approximate surface area is 128 Å². The number of rotatable bonds is 8. The molecule has 0 spiro atoms. The summed E-state index contributed by atoms with van der Waals surface area (Å²) in [6.07, 6.45) is 11.1. The molecular weight excluding hydrogens is 258 g/mol. The topological polar surface area (TPSA) is 33.1 Å². The summed E-state index contributed by atoms with van der Waals surface area (Å²) in [5.74, 6) is 0.390. The van der Waals surface area contributed by atoms with E-state index >= 15 is 0 Å². The Morgan fingerprint density at radius 1 is 0.952 bits per heavy atom. The Bertz CT molecular complexity index is 577. The third-order valence-electron chi connectivity index (χ3n) is 4.13. The number of hydrogen-bond acceptors (Lipinski definition) is 2. The molecule has 0 fully saturated rings. The highest BCUT2D eigenvalue weighted by molar-refractivity contribution is 5.88. The van der Waals surface area contributed by atoms with Gasteiger partial charge in [0.1, 0.15) is 11.3 Å². The van der Waals surface area contributed by atoms with Crippen LogP contribution in [0.4, 0.5) is 0 Å². The van der Waals surface area contributed by atoms with Crippen LogP contribution in [0, 0.1) is 0 Å². The van der Waals surface area contributed by atoms with Crippen LogP contribution in [0.2, 0.25) is 0 Å². The average Bonchev–Trinajstić information content (AvgIpc) is 2.51. The zero-order valence-electron chi connectivity index (χ0n) is 13.4. The lowest BCUT2D eigenvalue weighted by Crippen LogP contribution is -1.95. The lowest BCUT2D eigenvalue weighted by molar-refractivity contribution is 0.471. The molecule has 0 saturated heterocycles. The molecule has 0 bridgehead atoms. The summed E-state index contributed by atoms with van der Waals surface area (Å²) >= 11 is 0. The quantitative estimate of drug-likeness (QED) is 0.658. The van der Waals surface area contributed by atoms with Crippen LogP contribution >= 0.6 is 0 Å². The highest BCUT2D eigenvalue weighted by Crippen LogP contribution is 2.32. The number of aromatic hydroxyl groups is 1. The van der Waals surface area contributed by atoms with Gasteiger partial charge in [-0.25, -0.2) is 0 Å². The molecule has 0 aliphatic heterocycles. The largest absolute Gasteiger partial charge is 0.505 e. The number of phenols is 1. The van der Waals surface area contributed by atoms with Crippen molar-refractivity contribution in [1.82, 2.24) is 4.98 Å². The molecule has 2 rings (SSSR count). The molecule has 1 aromatic carbocycles. The van der Waals surface area contributed by atoms with Crippen molar-refractivity contribution in [2.75, 3.05) is 0 Å². The lowest BCUT2D eigenvalue weighted by atomic mass is 9.96.